The van der Waals surface area contributed by atoms with Gasteiger partial charge in [0.15, 0.2) is 0 Å². The van der Waals surface area contributed by atoms with E-state index in [0.717, 1.165) is 18.4 Å². The van der Waals surface area contributed by atoms with Crippen LogP contribution in [0.5, 0.6) is 11.6 Å². The number of piperidine rings is 1. The number of aromatic nitrogens is 3. The zero-order valence-corrected chi connectivity index (χ0v) is 22.9. The number of benzene rings is 2. The van der Waals surface area contributed by atoms with Gasteiger partial charge in [-0.25, -0.2) is 19.7 Å². The van der Waals surface area contributed by atoms with E-state index in [2.05, 4.69) is 25.6 Å². The number of allylic oxidation sites excluding steroid dienone is 1. The average Bonchev–Trinajstić information content (AvgIpc) is 2.98. The first-order valence-electron chi connectivity index (χ1n) is 13.4. The summed E-state index contributed by atoms with van der Waals surface area (Å²) in [6, 6.07) is 13.7. The fourth-order valence-corrected chi connectivity index (χ4v) is 4.82. The molecule has 1 aliphatic heterocycles. The summed E-state index contributed by atoms with van der Waals surface area (Å²) in [7, 11) is 0. The summed E-state index contributed by atoms with van der Waals surface area (Å²) in [6.07, 6.45) is -0.591. The number of ether oxygens (including phenoxy) is 1. The molecular weight excluding hydrogens is 565 g/mol. The number of rotatable bonds is 7. The number of carboxylic acid groups (broad SMARTS) is 1. The average molecular weight is 593 g/mol. The normalized spacial score (nSPS) is 15.4. The van der Waals surface area contributed by atoms with Gasteiger partial charge in [0.25, 0.3) is 0 Å². The molecule has 0 aliphatic carbocycles. The number of amides is 2. The Morgan fingerprint density at radius 1 is 1.07 bits per heavy atom. The molecule has 0 bridgehead atoms. The van der Waals surface area contributed by atoms with E-state index in [4.69, 9.17) is 4.74 Å². The first-order valence-corrected chi connectivity index (χ1v) is 13.4. The number of likely N-dealkylation sites (tertiary alicyclic amines) is 1. The second-order valence-corrected chi connectivity index (χ2v) is 9.91. The predicted octanol–water partition coefficient (Wildman–Crippen LogP) is 6.40. The molecule has 43 heavy (non-hydrogen) atoms. The van der Waals surface area contributed by atoms with E-state index < -0.39 is 18.2 Å². The van der Waals surface area contributed by atoms with E-state index in [-0.39, 0.29) is 18.0 Å². The topological polar surface area (TPSA) is 130 Å². The van der Waals surface area contributed by atoms with Crippen LogP contribution in [0.15, 0.2) is 73.1 Å². The van der Waals surface area contributed by atoms with Crippen LogP contribution in [-0.4, -0.2) is 62.3 Å². The van der Waals surface area contributed by atoms with Crippen molar-refractivity contribution in [2.45, 2.75) is 32.0 Å². The summed E-state index contributed by atoms with van der Waals surface area (Å²) in [5, 5.41) is 16.2. The molecule has 0 radical (unpaired) electrons. The summed E-state index contributed by atoms with van der Waals surface area (Å²) >= 11 is 0. The number of hydrogen-bond donors (Lipinski definition) is 3. The summed E-state index contributed by atoms with van der Waals surface area (Å²) < 4.78 is 43.9. The maximum Gasteiger partial charge on any atom is 0.409 e. The Morgan fingerprint density at radius 3 is 2.70 bits per heavy atom. The molecule has 13 heteroatoms. The monoisotopic (exact) mass is 592 g/mol. The number of anilines is 2. The molecule has 0 saturated carbocycles. The number of fused-ring (bicyclic) bond motifs is 1. The molecule has 2 aromatic heterocycles. The van der Waals surface area contributed by atoms with Crippen molar-refractivity contribution < 1.29 is 32.6 Å². The van der Waals surface area contributed by atoms with E-state index in [1.54, 1.807) is 60.9 Å². The van der Waals surface area contributed by atoms with Crippen molar-refractivity contribution in [3.05, 3.63) is 78.6 Å². The van der Waals surface area contributed by atoms with Crippen LogP contribution in [0.1, 0.15) is 18.4 Å². The molecule has 5 rings (SSSR count). The SMILES string of the molecule is Cc1ccc2c(NC(=O)C=CC(F)(F)F)cccc2c1Oc1ncccc1-c1ccnc(NC2CCCN(C(=O)O)C2)n1. The van der Waals surface area contributed by atoms with Crippen LogP contribution < -0.4 is 15.4 Å². The number of nitrogens with zero attached hydrogens (tertiary/aromatic N) is 4. The van der Waals surface area contributed by atoms with Crippen LogP contribution in [-0.2, 0) is 4.79 Å². The molecule has 2 amide bonds. The quantitative estimate of drug-likeness (QED) is 0.210. The molecule has 4 aromatic rings. The Balaban J connectivity index is 1.42. The molecule has 0 spiro atoms. The minimum Gasteiger partial charge on any atom is -0.465 e. The van der Waals surface area contributed by atoms with Gasteiger partial charge in [0.05, 0.1) is 11.3 Å². The summed E-state index contributed by atoms with van der Waals surface area (Å²) in [6.45, 7) is 2.65. The van der Waals surface area contributed by atoms with Crippen molar-refractivity contribution in [3.63, 3.8) is 0 Å². The standard InChI is InChI=1S/C30H27F3N6O4/c1-18-9-10-20-21(6-2-8-23(20)37-25(40)11-13-30(31,32)33)26(18)43-27-22(7-3-14-34-27)24-12-15-35-28(38-24)36-19-5-4-16-39(17-19)29(41)42/h2-3,6-15,19H,4-5,16-17H2,1H3,(H,37,40)(H,41,42)(H,35,36,38). The van der Waals surface area contributed by atoms with Crippen molar-refractivity contribution in [1.82, 2.24) is 19.9 Å². The molecule has 3 heterocycles. The van der Waals surface area contributed by atoms with Gasteiger partial charge >= 0.3 is 12.3 Å². The fraction of sp³-hybridized carbons (Fsp3) is 0.233. The van der Waals surface area contributed by atoms with Gasteiger partial charge in [0, 0.05) is 60.1 Å². The smallest absolute Gasteiger partial charge is 0.409 e. The van der Waals surface area contributed by atoms with Gasteiger partial charge in [-0.15, -0.1) is 0 Å². The molecule has 2 aromatic carbocycles. The van der Waals surface area contributed by atoms with Crippen molar-refractivity contribution in [1.29, 1.82) is 0 Å². The van der Waals surface area contributed by atoms with Crippen LogP contribution in [0.2, 0.25) is 0 Å². The van der Waals surface area contributed by atoms with Crippen molar-refractivity contribution in [3.8, 4) is 22.9 Å². The van der Waals surface area contributed by atoms with Gasteiger partial charge in [-0.1, -0.05) is 24.3 Å². The van der Waals surface area contributed by atoms with Gasteiger partial charge < -0.3 is 25.4 Å². The Hall–Kier alpha value is -5.20. The van der Waals surface area contributed by atoms with E-state index in [9.17, 15) is 27.9 Å². The molecule has 1 unspecified atom stereocenters. The fourth-order valence-electron chi connectivity index (χ4n) is 4.82. The molecule has 1 fully saturated rings. The Bertz CT molecular complexity index is 1690. The molecule has 1 aliphatic rings. The number of aryl methyl sites for hydroxylation is 1. The van der Waals surface area contributed by atoms with Crippen LogP contribution in [0.25, 0.3) is 22.0 Å². The summed E-state index contributed by atoms with van der Waals surface area (Å²) in [5.74, 6) is 0.116. The van der Waals surface area contributed by atoms with E-state index in [1.165, 1.54) is 4.90 Å². The van der Waals surface area contributed by atoms with E-state index >= 15 is 0 Å². The molecule has 222 valence electrons. The highest BCUT2D eigenvalue weighted by Crippen LogP contribution is 2.38. The van der Waals surface area contributed by atoms with Gasteiger partial charge in [-0.2, -0.15) is 13.2 Å². The first-order chi connectivity index (χ1) is 20.6. The van der Waals surface area contributed by atoms with E-state index in [0.29, 0.717) is 58.6 Å². The Morgan fingerprint density at radius 2 is 1.91 bits per heavy atom. The third-order valence-electron chi connectivity index (χ3n) is 6.82. The third kappa shape index (κ3) is 7.18. The van der Waals surface area contributed by atoms with E-state index in [1.807, 2.05) is 6.92 Å². The van der Waals surface area contributed by atoms with Gasteiger partial charge in [0.1, 0.15) is 5.75 Å². The number of carbonyl (C=O) groups is 2. The predicted molar refractivity (Wildman–Crippen MR) is 154 cm³/mol. The maximum atomic E-state index is 12.5. The zero-order chi connectivity index (χ0) is 30.6. The highest BCUT2D eigenvalue weighted by molar-refractivity contribution is 6.07. The number of pyridine rings is 1. The van der Waals surface area contributed by atoms with Crippen LogP contribution in [0.3, 0.4) is 0 Å². The van der Waals surface area contributed by atoms with Crippen molar-refractivity contribution >= 4 is 34.4 Å². The van der Waals surface area contributed by atoms with Crippen molar-refractivity contribution in [2.75, 3.05) is 23.7 Å². The number of carbonyl (C=O) groups excluding carboxylic acids is 1. The Labute approximate surface area is 244 Å². The number of halogens is 3. The summed E-state index contributed by atoms with van der Waals surface area (Å²) in [4.78, 5) is 38.3. The lowest BCUT2D eigenvalue weighted by Gasteiger charge is -2.31. The van der Waals surface area contributed by atoms with Gasteiger partial charge in [-0.05, 0) is 49.6 Å². The molecule has 3 N–H and O–H groups in total. The Kier molecular flexibility index (Phi) is 8.41. The second kappa shape index (κ2) is 12.3. The minimum absolute atomic E-state index is 0.122. The molecule has 1 atom stereocenters. The number of hydrogen-bond acceptors (Lipinski definition) is 7. The zero-order valence-electron chi connectivity index (χ0n) is 22.9. The van der Waals surface area contributed by atoms with Gasteiger partial charge in [0.2, 0.25) is 17.7 Å². The van der Waals surface area contributed by atoms with Crippen LogP contribution in [0, 0.1) is 6.92 Å². The second-order valence-electron chi connectivity index (χ2n) is 9.91. The summed E-state index contributed by atoms with van der Waals surface area (Å²) in [5.41, 5.74) is 2.17. The number of alkyl halides is 3. The highest BCUT2D eigenvalue weighted by Gasteiger charge is 2.24. The minimum atomic E-state index is -4.60. The first kappa shape index (κ1) is 29.3. The number of nitrogens with one attached hydrogen (secondary N) is 2. The lowest BCUT2D eigenvalue weighted by Crippen LogP contribution is -2.44. The highest BCUT2D eigenvalue weighted by atomic mass is 19.4. The van der Waals surface area contributed by atoms with Crippen LogP contribution in [0.4, 0.5) is 29.6 Å². The maximum absolute atomic E-state index is 12.5. The molecular formula is C30H27F3N6O4. The molecule has 10 nitrogen and oxygen atoms in total. The third-order valence-corrected chi connectivity index (χ3v) is 6.82. The lowest BCUT2D eigenvalue weighted by molar-refractivity contribution is -0.112. The molecule has 1 saturated heterocycles. The lowest BCUT2D eigenvalue weighted by atomic mass is 10.0. The van der Waals surface area contributed by atoms with Crippen LogP contribution >= 0.6 is 0 Å². The van der Waals surface area contributed by atoms with Gasteiger partial charge in [-0.3, -0.25) is 4.79 Å². The van der Waals surface area contributed by atoms with Crippen molar-refractivity contribution in [2.24, 2.45) is 0 Å². The largest absolute Gasteiger partial charge is 0.465 e.